The number of hydrogen-bond acceptors (Lipinski definition) is 20. The van der Waals surface area contributed by atoms with E-state index in [1.54, 1.807) is 49.8 Å². The highest BCUT2D eigenvalue weighted by atomic mass is 16.7. The molecule has 0 saturated carbocycles. The molecule has 5 heterocycles. The summed E-state index contributed by atoms with van der Waals surface area (Å²) in [6.45, 7) is 23.4. The molecule has 25 nitrogen and oxygen atoms in total. The van der Waals surface area contributed by atoms with Crippen molar-refractivity contribution < 1.29 is 96.6 Å². The fraction of sp³-hybridized carbons (Fsp3) is 0.459. The summed E-state index contributed by atoms with van der Waals surface area (Å²) in [6.07, 6.45) is 4.57. The molecule has 5 aliphatic heterocycles. The summed E-state index contributed by atoms with van der Waals surface area (Å²) in [5.41, 5.74) is 4.11. The molecule has 8 aromatic rings. The molecule has 4 saturated heterocycles. The third kappa shape index (κ3) is 28.2. The van der Waals surface area contributed by atoms with Gasteiger partial charge in [-0.15, -0.1) is 0 Å². The van der Waals surface area contributed by atoms with E-state index in [-0.39, 0.29) is 85.4 Å². The number of fused-ring (bicyclic) bond motifs is 1. The lowest BCUT2D eigenvalue weighted by molar-refractivity contribution is -0.188. The van der Waals surface area contributed by atoms with E-state index in [9.17, 15) is 44.4 Å². The first-order valence-corrected chi connectivity index (χ1v) is 42.8. The molecule has 0 bridgehead atoms. The van der Waals surface area contributed by atoms with Crippen molar-refractivity contribution in [1.82, 2.24) is 24.7 Å². The maximum Gasteiger partial charge on any atom is 0.308 e. The van der Waals surface area contributed by atoms with Gasteiger partial charge in [0, 0.05) is 80.6 Å². The van der Waals surface area contributed by atoms with Gasteiger partial charge in [0.15, 0.2) is 23.0 Å². The molecule has 0 unspecified atom stereocenters. The highest BCUT2D eigenvalue weighted by Crippen LogP contribution is 2.45. The van der Waals surface area contributed by atoms with Crippen LogP contribution in [-0.4, -0.2) is 228 Å². The minimum atomic E-state index is -0.914. The van der Waals surface area contributed by atoms with Crippen molar-refractivity contribution in [3.63, 3.8) is 0 Å². The lowest BCUT2D eigenvalue weighted by Crippen LogP contribution is -2.45. The number of carbonyl (C=O) groups is 5. The van der Waals surface area contributed by atoms with Crippen molar-refractivity contribution in [2.45, 2.75) is 142 Å². The van der Waals surface area contributed by atoms with Crippen LogP contribution in [0.2, 0.25) is 0 Å². The number of hydroxylamine groups is 2. The third-order valence-corrected chi connectivity index (χ3v) is 23.2. The maximum absolute atomic E-state index is 13.3. The van der Waals surface area contributed by atoms with Gasteiger partial charge in [0.1, 0.15) is 34.5 Å². The first-order chi connectivity index (χ1) is 59.6. The summed E-state index contributed by atoms with van der Waals surface area (Å²) < 4.78 is 52.6. The lowest BCUT2D eigenvalue weighted by atomic mass is 9.84. The summed E-state index contributed by atoms with van der Waals surface area (Å²) in [5, 5.41) is 40.6. The van der Waals surface area contributed by atoms with Gasteiger partial charge in [-0.1, -0.05) is 165 Å². The van der Waals surface area contributed by atoms with Gasteiger partial charge in [-0.05, 0) is 177 Å². The number of carboxylic acid groups (broad SMARTS) is 4. The number of benzene rings is 8. The zero-order valence-electron chi connectivity index (χ0n) is 74.3. The van der Waals surface area contributed by atoms with Gasteiger partial charge in [-0.25, -0.2) is 5.06 Å². The van der Waals surface area contributed by atoms with Crippen LogP contribution in [0.3, 0.4) is 0 Å². The standard InChI is InChI=1S/C29H38N2O8.3C16H23NO3.3C7H8O/c1-4-13-31(39-14-5-2)27(32)18-30-17-21(20-10-11-25-26(16-20)38-19-37-25)28(29(33)34)22(30)12-15-36-24-9-7-6-8-23(24)35-3;3*1-4-14-15(16(18)19)13(10-17(14)5-2)11-6-8-12(20-3)9-7-11;3*1-8-7-5-3-2-4-6-7/h6-11,16,21-22,28H,4-5,12-15,17-19H2,1-3H3,(H,33,34);3*6-9,13-15H,4-5,10H2,1-3H3,(H,18,19);3*2-6H,1H3/t21-,22+,28-;3*13-,14+,15-;;;/m1111.../s1. The predicted molar refractivity (Wildman–Crippen MR) is 477 cm³/mol. The Morgan fingerprint density at radius 3 is 1.01 bits per heavy atom. The quantitative estimate of drug-likeness (QED) is 0.0285. The molecule has 0 spiro atoms. The first kappa shape index (κ1) is 99.0. The van der Waals surface area contributed by atoms with E-state index in [2.05, 4.69) is 56.2 Å². The second-order valence-corrected chi connectivity index (χ2v) is 30.2. The van der Waals surface area contributed by atoms with Gasteiger partial charge in [-0.2, -0.15) is 0 Å². The number of likely N-dealkylation sites (N-methyl/N-ethyl adjacent to an activating group) is 3. The Morgan fingerprint density at radius 2 is 0.683 bits per heavy atom. The fourth-order valence-electron chi connectivity index (χ4n) is 17.1. The topological polar surface area (TPSA) is 284 Å². The maximum atomic E-state index is 13.3. The SMILES string of the molecule is CCCON(CCC)C(=O)CN1C[C@H](c2ccc3c(c2)OCO3)[C@@H](C(=O)O)[C@@H]1CCOc1ccccc1OC.CC[C@H]1[C@H](C(=O)O)[C@@H](c2ccc(OC)cc2)CN1CC.CC[C@H]1[C@H](C(=O)O)[C@@H](c2ccc(OC)cc2)CN1CC.CC[C@H]1[C@H](C(=O)O)[C@@H](c2ccc(OC)cc2)CN1CC.COc1ccccc1.COc1ccccc1.COc1ccccc1. The molecule has 123 heavy (non-hydrogen) atoms. The number of para-hydroxylation sites is 5. The molecule has 8 aromatic carbocycles. The highest BCUT2D eigenvalue weighted by Gasteiger charge is 2.50. The van der Waals surface area contributed by atoms with E-state index in [4.69, 9.17) is 52.2 Å². The third-order valence-electron chi connectivity index (χ3n) is 23.2. The Morgan fingerprint density at radius 1 is 0.358 bits per heavy atom. The molecular weight excluding hydrogens is 1570 g/mol. The monoisotopic (exact) mass is 1700 g/mol. The second kappa shape index (κ2) is 52.4. The van der Waals surface area contributed by atoms with Gasteiger partial charge in [0.05, 0.1) is 93.2 Å². The zero-order valence-corrected chi connectivity index (χ0v) is 74.3. The van der Waals surface area contributed by atoms with Gasteiger partial charge in [0.2, 0.25) is 6.79 Å². The van der Waals surface area contributed by atoms with Crippen molar-refractivity contribution in [2.75, 3.05) is 129 Å². The second-order valence-electron chi connectivity index (χ2n) is 30.2. The number of ether oxygens (including phenoxy) is 10. The number of carbonyl (C=O) groups excluding carboxylic acids is 1. The van der Waals surface area contributed by atoms with Crippen LogP contribution in [0.15, 0.2) is 206 Å². The number of amides is 1. The van der Waals surface area contributed by atoms with Crippen LogP contribution in [0.25, 0.3) is 0 Å². The Kier molecular flexibility index (Phi) is 42.2. The number of aliphatic carboxylic acids is 4. The van der Waals surface area contributed by atoms with Crippen molar-refractivity contribution in [2.24, 2.45) is 23.7 Å². The van der Waals surface area contributed by atoms with Crippen LogP contribution < -0.4 is 47.4 Å². The summed E-state index contributed by atoms with van der Waals surface area (Å²) in [4.78, 5) is 75.6. The lowest BCUT2D eigenvalue weighted by Gasteiger charge is -2.29. The average Bonchev–Trinajstić information content (AvgIpc) is 1.63. The number of rotatable bonds is 32. The molecule has 4 fully saturated rings. The van der Waals surface area contributed by atoms with E-state index < -0.39 is 35.8 Å². The van der Waals surface area contributed by atoms with E-state index in [1.807, 2.05) is 225 Å². The minimum absolute atomic E-state index is 0.0495. The predicted octanol–water partition coefficient (Wildman–Crippen LogP) is 16.8. The van der Waals surface area contributed by atoms with Crippen molar-refractivity contribution in [1.29, 1.82) is 0 Å². The summed E-state index contributed by atoms with van der Waals surface area (Å²) in [6, 6.07) is 65.3. The van der Waals surface area contributed by atoms with Crippen LogP contribution in [0, 0.1) is 23.7 Å². The molecule has 0 radical (unpaired) electrons. The van der Waals surface area contributed by atoms with Crippen LogP contribution in [-0.2, 0) is 28.8 Å². The van der Waals surface area contributed by atoms with Crippen LogP contribution in [0.4, 0.5) is 0 Å². The van der Waals surface area contributed by atoms with Crippen LogP contribution in [0.1, 0.15) is 140 Å². The van der Waals surface area contributed by atoms with Gasteiger partial charge in [0.25, 0.3) is 5.91 Å². The molecule has 5 aliphatic rings. The zero-order chi connectivity index (χ0) is 89.3. The Bertz CT molecular complexity index is 4080. The van der Waals surface area contributed by atoms with Gasteiger partial charge in [-0.3, -0.25) is 48.4 Å². The number of nitrogens with zero attached hydrogens (tertiary/aromatic N) is 5. The fourth-order valence-corrected chi connectivity index (χ4v) is 17.1. The molecule has 0 aromatic heterocycles. The van der Waals surface area contributed by atoms with E-state index in [0.29, 0.717) is 49.1 Å². The number of methoxy groups -OCH3 is 7. The summed E-state index contributed by atoms with van der Waals surface area (Å²) in [5.74, 6) is 2.51. The average molecular weight is 1700 g/mol. The van der Waals surface area contributed by atoms with Crippen molar-refractivity contribution in [3.8, 4) is 57.5 Å². The Balaban J connectivity index is 0.000000213. The van der Waals surface area contributed by atoms with Crippen molar-refractivity contribution >= 4 is 29.8 Å². The van der Waals surface area contributed by atoms with Crippen LogP contribution in [0.5, 0.6) is 57.5 Å². The summed E-state index contributed by atoms with van der Waals surface area (Å²) in [7, 11) is 11.5. The van der Waals surface area contributed by atoms with Gasteiger partial charge < -0.3 is 67.8 Å². The minimum Gasteiger partial charge on any atom is -0.497 e. The molecule has 1 amide bonds. The van der Waals surface area contributed by atoms with Gasteiger partial charge >= 0.3 is 23.9 Å². The van der Waals surface area contributed by atoms with E-state index in [1.165, 1.54) is 5.06 Å². The molecular formula is C98H131N5O20. The van der Waals surface area contributed by atoms with E-state index >= 15 is 0 Å². The largest absolute Gasteiger partial charge is 0.497 e. The molecule has 4 N–H and O–H groups in total. The number of carboxylic acids is 4. The highest BCUT2D eigenvalue weighted by molar-refractivity contribution is 5.79. The van der Waals surface area contributed by atoms with Crippen LogP contribution >= 0.6 is 0 Å². The summed E-state index contributed by atoms with van der Waals surface area (Å²) >= 11 is 0. The smallest absolute Gasteiger partial charge is 0.308 e. The number of hydrogen-bond donors (Lipinski definition) is 4. The normalized spacial score (nSPS) is 21.1. The molecule has 13 rings (SSSR count). The molecule has 25 heteroatoms. The first-order valence-electron chi connectivity index (χ1n) is 42.8. The Hall–Kier alpha value is -11.1. The van der Waals surface area contributed by atoms with Crippen molar-refractivity contribution in [3.05, 3.63) is 229 Å². The van der Waals surface area contributed by atoms with E-state index in [0.717, 1.165) is 128 Å². The molecule has 0 aliphatic carbocycles. The number of likely N-dealkylation sites (tertiary alicyclic amines) is 4. The molecule has 668 valence electrons. The molecule has 12 atom stereocenters. The Labute approximate surface area is 727 Å².